The number of aromatic nitrogens is 2. The molecule has 5 nitrogen and oxygen atoms in total. The molecule has 20 heavy (non-hydrogen) atoms. The van der Waals surface area contributed by atoms with Crippen LogP contribution in [0.5, 0.6) is 0 Å². The van der Waals surface area contributed by atoms with Gasteiger partial charge in [0.25, 0.3) is 0 Å². The van der Waals surface area contributed by atoms with Crippen LogP contribution in [0.1, 0.15) is 34.1 Å². The van der Waals surface area contributed by atoms with Crippen LogP contribution >= 0.6 is 0 Å². The molecule has 2 aromatic rings. The Bertz CT molecular complexity index is 729. The molecule has 0 aliphatic rings. The minimum atomic E-state index is -1.21. The van der Waals surface area contributed by atoms with Crippen molar-refractivity contribution in [2.24, 2.45) is 0 Å². The van der Waals surface area contributed by atoms with Gasteiger partial charge >= 0.3 is 5.97 Å². The lowest BCUT2D eigenvalue weighted by atomic mass is 9.97. The zero-order valence-electron chi connectivity index (χ0n) is 11.0. The van der Waals surface area contributed by atoms with Gasteiger partial charge in [0.15, 0.2) is 0 Å². The summed E-state index contributed by atoms with van der Waals surface area (Å²) >= 11 is 0. The number of H-pyrrole nitrogens is 1. The summed E-state index contributed by atoms with van der Waals surface area (Å²) in [6.07, 6.45) is 0.583. The number of hydrogen-bond acceptors (Lipinski definition) is 3. The van der Waals surface area contributed by atoms with E-state index in [1.807, 2.05) is 13.0 Å². The first-order valence-corrected chi connectivity index (χ1v) is 6.00. The van der Waals surface area contributed by atoms with E-state index in [0.29, 0.717) is 12.0 Å². The van der Waals surface area contributed by atoms with E-state index in [4.69, 9.17) is 5.26 Å². The predicted octanol–water partition coefficient (Wildman–Crippen LogP) is 2.66. The Kier molecular flexibility index (Phi) is 3.53. The fraction of sp³-hybridized carbons (Fsp3) is 0.214. The zero-order valence-corrected chi connectivity index (χ0v) is 11.0. The summed E-state index contributed by atoms with van der Waals surface area (Å²) in [5.74, 6) is -1.85. The van der Waals surface area contributed by atoms with Crippen molar-refractivity contribution in [2.45, 2.75) is 20.3 Å². The predicted molar refractivity (Wildman–Crippen MR) is 69.8 cm³/mol. The third kappa shape index (κ3) is 2.14. The van der Waals surface area contributed by atoms with Crippen molar-refractivity contribution in [3.8, 4) is 17.3 Å². The number of hydrogen-bond donors (Lipinski definition) is 2. The number of aromatic amines is 1. The molecule has 0 fully saturated rings. The van der Waals surface area contributed by atoms with Crippen molar-refractivity contribution in [1.29, 1.82) is 5.26 Å². The highest BCUT2D eigenvalue weighted by atomic mass is 19.1. The van der Waals surface area contributed by atoms with E-state index in [0.717, 1.165) is 0 Å². The number of aryl methyl sites for hydroxylation is 2. The molecule has 2 N–H and O–H groups in total. The van der Waals surface area contributed by atoms with Crippen molar-refractivity contribution in [1.82, 2.24) is 10.2 Å². The highest BCUT2D eigenvalue weighted by Gasteiger charge is 2.23. The summed E-state index contributed by atoms with van der Waals surface area (Å²) in [6.45, 7) is 3.35. The van der Waals surface area contributed by atoms with E-state index in [9.17, 15) is 14.3 Å². The second kappa shape index (κ2) is 5.13. The van der Waals surface area contributed by atoms with Gasteiger partial charge in [0.1, 0.15) is 11.4 Å². The number of rotatable bonds is 3. The van der Waals surface area contributed by atoms with E-state index in [1.165, 1.54) is 13.0 Å². The summed E-state index contributed by atoms with van der Waals surface area (Å²) in [5.41, 5.74) is 0.860. The molecule has 102 valence electrons. The van der Waals surface area contributed by atoms with Crippen LogP contribution in [0.15, 0.2) is 12.1 Å². The quantitative estimate of drug-likeness (QED) is 0.899. The molecule has 0 aliphatic heterocycles. The number of carboxylic acid groups (broad SMARTS) is 1. The maximum Gasteiger partial charge on any atom is 0.339 e. The van der Waals surface area contributed by atoms with Crippen LogP contribution in [-0.2, 0) is 6.42 Å². The standard InChI is InChI=1S/C14H12FN3O2/c1-3-8-4-9(6-16)12(10(15)5-8)13-11(14(19)20)7(2)17-18-13/h4-5H,3H2,1-2H3,(H,17,18)(H,19,20). The van der Waals surface area contributed by atoms with Crippen molar-refractivity contribution in [3.05, 3.63) is 40.3 Å². The highest BCUT2D eigenvalue weighted by Crippen LogP contribution is 2.30. The molecule has 6 heteroatoms. The van der Waals surface area contributed by atoms with Crippen LogP contribution < -0.4 is 0 Å². The van der Waals surface area contributed by atoms with Crippen molar-refractivity contribution in [2.75, 3.05) is 0 Å². The average Bonchev–Trinajstić information content (AvgIpc) is 2.79. The molecule has 0 saturated carbocycles. The minimum absolute atomic E-state index is 0.0201. The van der Waals surface area contributed by atoms with Crippen LogP contribution in [-0.4, -0.2) is 21.3 Å². The van der Waals surface area contributed by atoms with Gasteiger partial charge < -0.3 is 5.11 Å². The molecule has 1 heterocycles. The van der Waals surface area contributed by atoms with E-state index in [-0.39, 0.29) is 28.1 Å². The largest absolute Gasteiger partial charge is 0.478 e. The normalized spacial score (nSPS) is 10.3. The zero-order chi connectivity index (χ0) is 14.9. The molecule has 0 saturated heterocycles. The first-order valence-electron chi connectivity index (χ1n) is 6.00. The molecule has 0 aliphatic carbocycles. The summed E-state index contributed by atoms with van der Waals surface area (Å²) in [5, 5.41) is 24.6. The van der Waals surface area contributed by atoms with Crippen LogP contribution in [0, 0.1) is 24.1 Å². The van der Waals surface area contributed by atoms with Gasteiger partial charge in [0.2, 0.25) is 0 Å². The number of nitriles is 1. The molecule has 0 atom stereocenters. The van der Waals surface area contributed by atoms with Crippen molar-refractivity contribution < 1.29 is 14.3 Å². The lowest BCUT2D eigenvalue weighted by Gasteiger charge is -2.07. The van der Waals surface area contributed by atoms with Crippen molar-refractivity contribution in [3.63, 3.8) is 0 Å². The van der Waals surface area contributed by atoms with Gasteiger partial charge in [-0.3, -0.25) is 5.10 Å². The number of nitrogens with one attached hydrogen (secondary N) is 1. The van der Waals surface area contributed by atoms with E-state index in [1.54, 1.807) is 6.07 Å². The smallest absolute Gasteiger partial charge is 0.339 e. The Morgan fingerprint density at radius 1 is 1.55 bits per heavy atom. The summed E-state index contributed by atoms with van der Waals surface area (Å²) in [6, 6.07) is 4.76. The van der Waals surface area contributed by atoms with Gasteiger partial charge in [-0.1, -0.05) is 6.92 Å². The Labute approximate surface area is 114 Å². The molecule has 0 spiro atoms. The van der Waals surface area contributed by atoms with E-state index >= 15 is 0 Å². The molecular weight excluding hydrogens is 261 g/mol. The van der Waals surface area contributed by atoms with E-state index < -0.39 is 11.8 Å². The number of nitrogens with zero attached hydrogens (tertiary/aromatic N) is 2. The molecule has 1 aromatic carbocycles. The minimum Gasteiger partial charge on any atom is -0.478 e. The second-order valence-corrected chi connectivity index (χ2v) is 4.33. The van der Waals surface area contributed by atoms with Gasteiger partial charge in [-0.25, -0.2) is 9.18 Å². The third-order valence-corrected chi connectivity index (χ3v) is 3.09. The maximum absolute atomic E-state index is 14.2. The highest BCUT2D eigenvalue weighted by molar-refractivity contribution is 5.96. The molecule has 0 radical (unpaired) electrons. The molecular formula is C14H12FN3O2. The molecule has 0 bridgehead atoms. The average molecular weight is 273 g/mol. The van der Waals surface area contributed by atoms with Gasteiger partial charge in [0.05, 0.1) is 28.6 Å². The van der Waals surface area contributed by atoms with Crippen LogP contribution in [0.3, 0.4) is 0 Å². The van der Waals surface area contributed by atoms with Gasteiger partial charge in [-0.05, 0) is 31.0 Å². The first kappa shape index (κ1) is 13.7. The summed E-state index contributed by atoms with van der Waals surface area (Å²) in [4.78, 5) is 11.2. The Hall–Kier alpha value is -2.68. The number of aromatic carboxylic acids is 1. The van der Waals surface area contributed by atoms with Gasteiger partial charge in [-0.15, -0.1) is 0 Å². The monoisotopic (exact) mass is 273 g/mol. The molecule has 2 rings (SSSR count). The van der Waals surface area contributed by atoms with Gasteiger partial charge in [-0.2, -0.15) is 10.4 Å². The number of halogens is 1. The SMILES string of the molecule is CCc1cc(F)c(-c2[nH]nc(C)c2C(=O)O)c(C#N)c1. The van der Waals surface area contributed by atoms with Crippen molar-refractivity contribution >= 4 is 5.97 Å². The summed E-state index contributed by atoms with van der Waals surface area (Å²) in [7, 11) is 0. The molecule has 0 unspecified atom stereocenters. The molecule has 1 aromatic heterocycles. The lowest BCUT2D eigenvalue weighted by Crippen LogP contribution is -2.02. The maximum atomic E-state index is 14.2. The number of carboxylic acids is 1. The Balaban J connectivity index is 2.77. The lowest BCUT2D eigenvalue weighted by molar-refractivity contribution is 0.0697. The fourth-order valence-electron chi connectivity index (χ4n) is 2.08. The van der Waals surface area contributed by atoms with Crippen LogP contribution in [0.2, 0.25) is 0 Å². The Morgan fingerprint density at radius 3 is 2.80 bits per heavy atom. The Morgan fingerprint density at radius 2 is 2.25 bits per heavy atom. The second-order valence-electron chi connectivity index (χ2n) is 4.33. The number of carbonyl (C=O) groups is 1. The number of benzene rings is 1. The first-order chi connectivity index (χ1) is 9.49. The summed E-state index contributed by atoms with van der Waals surface area (Å²) < 4.78 is 14.2. The topological polar surface area (TPSA) is 89.8 Å². The van der Waals surface area contributed by atoms with Crippen LogP contribution in [0.4, 0.5) is 4.39 Å². The van der Waals surface area contributed by atoms with Crippen LogP contribution in [0.25, 0.3) is 11.3 Å². The van der Waals surface area contributed by atoms with E-state index in [2.05, 4.69) is 10.2 Å². The fourth-order valence-corrected chi connectivity index (χ4v) is 2.08. The third-order valence-electron chi connectivity index (χ3n) is 3.09. The van der Waals surface area contributed by atoms with Gasteiger partial charge in [0, 0.05) is 0 Å². The molecule has 0 amide bonds.